The minimum atomic E-state index is -0.384. The van der Waals surface area contributed by atoms with Crippen molar-refractivity contribution in [3.8, 4) is 0 Å². The topological polar surface area (TPSA) is 65.9 Å². The minimum Gasteiger partial charge on any atom is -0.392 e. The van der Waals surface area contributed by atoms with Gasteiger partial charge in [-0.15, -0.1) is 0 Å². The van der Waals surface area contributed by atoms with Gasteiger partial charge >= 0.3 is 0 Å². The van der Waals surface area contributed by atoms with E-state index in [-0.39, 0.29) is 12.4 Å². The molecule has 5 nitrogen and oxygen atoms in total. The van der Waals surface area contributed by atoms with Gasteiger partial charge in [0.05, 0.1) is 13.2 Å². The van der Waals surface area contributed by atoms with E-state index in [1.165, 1.54) is 25.3 Å². The smallest absolute Gasteiger partial charge is 0.191 e. The largest absolute Gasteiger partial charge is 0.392 e. The second-order valence-electron chi connectivity index (χ2n) is 6.73. The summed E-state index contributed by atoms with van der Waals surface area (Å²) in [7, 11) is 1.74. The van der Waals surface area contributed by atoms with Crippen molar-refractivity contribution in [1.29, 1.82) is 0 Å². The van der Waals surface area contributed by atoms with Crippen LogP contribution in [0.5, 0.6) is 0 Å². The molecule has 140 valence electrons. The van der Waals surface area contributed by atoms with Gasteiger partial charge in [-0.1, -0.05) is 12.5 Å². The molecule has 2 rings (SSSR count). The Morgan fingerprint density at radius 1 is 1.36 bits per heavy atom. The summed E-state index contributed by atoms with van der Waals surface area (Å²) in [6, 6.07) is 4.74. The third-order valence-corrected chi connectivity index (χ3v) is 4.93. The van der Waals surface area contributed by atoms with Crippen molar-refractivity contribution < 1.29 is 14.2 Å². The maximum absolute atomic E-state index is 13.5. The highest BCUT2D eigenvalue weighted by Crippen LogP contribution is 2.43. The number of halogens is 1. The van der Waals surface area contributed by atoms with E-state index in [1.807, 2.05) is 6.92 Å². The Morgan fingerprint density at radius 3 is 2.76 bits per heavy atom. The zero-order valence-corrected chi connectivity index (χ0v) is 15.3. The van der Waals surface area contributed by atoms with E-state index in [0.29, 0.717) is 17.5 Å². The molecule has 0 heterocycles. The number of nitrogens with one attached hydrogen (secondary N) is 2. The number of hydrogen-bond acceptors (Lipinski definition) is 3. The fraction of sp³-hybridized carbons (Fsp3) is 0.632. The van der Waals surface area contributed by atoms with Crippen LogP contribution in [0.15, 0.2) is 23.2 Å². The summed E-state index contributed by atoms with van der Waals surface area (Å²) in [4.78, 5) is 4.59. The molecule has 0 aromatic heterocycles. The molecule has 0 spiro atoms. The summed E-state index contributed by atoms with van der Waals surface area (Å²) >= 11 is 0. The van der Waals surface area contributed by atoms with Crippen LogP contribution in [0.4, 0.5) is 4.39 Å². The number of nitrogens with zero attached hydrogens (tertiary/aromatic N) is 1. The van der Waals surface area contributed by atoms with E-state index in [0.717, 1.165) is 37.6 Å². The van der Waals surface area contributed by atoms with E-state index in [4.69, 9.17) is 4.74 Å². The molecule has 0 aliphatic heterocycles. The van der Waals surface area contributed by atoms with E-state index in [1.54, 1.807) is 19.2 Å². The SMILES string of the molecule is CCNC(=NCc1ccc(F)c(CO)c1)NCC1(CCOC)CCC1. The lowest BCUT2D eigenvalue weighted by Crippen LogP contribution is -2.46. The maximum atomic E-state index is 13.5. The second-order valence-corrected chi connectivity index (χ2v) is 6.73. The zero-order chi connectivity index (χ0) is 18.1. The van der Waals surface area contributed by atoms with E-state index < -0.39 is 0 Å². The number of methoxy groups -OCH3 is 1. The Kier molecular flexibility index (Phi) is 7.65. The Hall–Kier alpha value is -1.66. The Balaban J connectivity index is 1.96. The zero-order valence-electron chi connectivity index (χ0n) is 15.3. The van der Waals surface area contributed by atoms with Gasteiger partial charge in [0.2, 0.25) is 0 Å². The molecule has 0 atom stereocenters. The first-order chi connectivity index (χ1) is 12.1. The fourth-order valence-corrected chi connectivity index (χ4v) is 3.14. The lowest BCUT2D eigenvalue weighted by molar-refractivity contribution is 0.0732. The number of aliphatic imine (C=N–C) groups is 1. The first-order valence-corrected chi connectivity index (χ1v) is 9.02. The highest BCUT2D eigenvalue weighted by atomic mass is 19.1. The number of ether oxygens (including phenoxy) is 1. The number of aliphatic hydroxyl groups excluding tert-OH is 1. The highest BCUT2D eigenvalue weighted by molar-refractivity contribution is 5.79. The van der Waals surface area contributed by atoms with Crippen LogP contribution in [0.25, 0.3) is 0 Å². The molecule has 25 heavy (non-hydrogen) atoms. The van der Waals surface area contributed by atoms with Crippen LogP contribution < -0.4 is 10.6 Å². The minimum absolute atomic E-state index is 0.302. The van der Waals surface area contributed by atoms with Gasteiger partial charge < -0.3 is 20.5 Å². The van der Waals surface area contributed by atoms with Gasteiger partial charge in [-0.05, 0) is 49.3 Å². The van der Waals surface area contributed by atoms with Crippen molar-refractivity contribution in [1.82, 2.24) is 10.6 Å². The van der Waals surface area contributed by atoms with Gasteiger partial charge in [-0.2, -0.15) is 0 Å². The van der Waals surface area contributed by atoms with E-state index in [9.17, 15) is 9.50 Å². The van der Waals surface area contributed by atoms with Crippen LogP contribution in [0, 0.1) is 11.2 Å². The summed E-state index contributed by atoms with van der Waals surface area (Å²) in [6.45, 7) is 4.62. The molecule has 0 bridgehead atoms. The predicted molar refractivity (Wildman–Crippen MR) is 97.9 cm³/mol. The summed E-state index contributed by atoms with van der Waals surface area (Å²) in [5.74, 6) is 0.381. The Labute approximate surface area is 149 Å². The first kappa shape index (κ1) is 19.7. The molecular formula is C19H30FN3O2. The molecule has 0 saturated heterocycles. The lowest BCUT2D eigenvalue weighted by atomic mass is 9.67. The molecule has 1 aliphatic rings. The number of aliphatic hydroxyl groups is 1. The summed E-state index contributed by atoms with van der Waals surface area (Å²) in [5.41, 5.74) is 1.49. The number of hydrogen-bond donors (Lipinski definition) is 3. The predicted octanol–water partition coefficient (Wildman–Crippen LogP) is 2.58. The number of guanidine groups is 1. The van der Waals surface area contributed by atoms with Crippen LogP contribution in [0.3, 0.4) is 0 Å². The fourth-order valence-electron chi connectivity index (χ4n) is 3.14. The van der Waals surface area contributed by atoms with Crippen molar-refractivity contribution in [2.24, 2.45) is 10.4 Å². The molecule has 1 saturated carbocycles. The standard InChI is InChI=1S/C19H30FN3O2/c1-3-21-18(23-14-19(7-4-8-19)9-10-25-2)22-12-15-5-6-17(20)16(11-15)13-24/h5-6,11,24H,3-4,7-10,12-14H2,1-2H3,(H2,21,22,23). The quantitative estimate of drug-likeness (QED) is 0.473. The van der Waals surface area contributed by atoms with Gasteiger partial charge in [0.1, 0.15) is 5.82 Å². The molecule has 1 fully saturated rings. The van der Waals surface area contributed by atoms with Crippen LogP contribution in [-0.2, 0) is 17.9 Å². The van der Waals surface area contributed by atoms with Crippen LogP contribution >= 0.6 is 0 Å². The van der Waals surface area contributed by atoms with Crippen LogP contribution in [0.1, 0.15) is 43.7 Å². The molecule has 0 radical (unpaired) electrons. The van der Waals surface area contributed by atoms with Crippen molar-refractivity contribution >= 4 is 5.96 Å². The molecule has 1 aromatic rings. The number of rotatable bonds is 9. The molecule has 1 aliphatic carbocycles. The second kappa shape index (κ2) is 9.73. The first-order valence-electron chi connectivity index (χ1n) is 9.02. The molecule has 1 aromatic carbocycles. The van der Waals surface area contributed by atoms with Crippen molar-refractivity contribution in [3.05, 3.63) is 35.1 Å². The van der Waals surface area contributed by atoms with Gasteiger partial charge in [-0.25, -0.2) is 9.38 Å². The highest BCUT2D eigenvalue weighted by Gasteiger charge is 2.36. The third kappa shape index (κ3) is 5.68. The molecule has 0 unspecified atom stereocenters. The van der Waals surface area contributed by atoms with Crippen molar-refractivity contribution in [2.75, 3.05) is 26.8 Å². The summed E-state index contributed by atoms with van der Waals surface area (Å²) < 4.78 is 18.7. The van der Waals surface area contributed by atoms with Crippen molar-refractivity contribution in [2.45, 2.75) is 45.8 Å². The summed E-state index contributed by atoms with van der Waals surface area (Å²) in [6.07, 6.45) is 4.79. The van der Waals surface area contributed by atoms with Crippen LogP contribution in [-0.4, -0.2) is 37.9 Å². The lowest BCUT2D eigenvalue weighted by Gasteiger charge is -2.42. The molecule has 3 N–H and O–H groups in total. The molecule has 6 heteroatoms. The van der Waals surface area contributed by atoms with E-state index >= 15 is 0 Å². The summed E-state index contributed by atoms with van der Waals surface area (Å²) in [5, 5.41) is 15.9. The van der Waals surface area contributed by atoms with Gasteiger partial charge in [-0.3, -0.25) is 0 Å². The average Bonchev–Trinajstić information content (AvgIpc) is 2.59. The van der Waals surface area contributed by atoms with Gasteiger partial charge in [0.25, 0.3) is 0 Å². The van der Waals surface area contributed by atoms with Gasteiger partial charge in [0, 0.05) is 32.4 Å². The normalized spacial score (nSPS) is 16.4. The average molecular weight is 351 g/mol. The monoisotopic (exact) mass is 351 g/mol. The maximum Gasteiger partial charge on any atom is 0.191 e. The van der Waals surface area contributed by atoms with E-state index in [2.05, 4.69) is 15.6 Å². The van der Waals surface area contributed by atoms with Crippen molar-refractivity contribution in [3.63, 3.8) is 0 Å². The Morgan fingerprint density at radius 2 is 2.16 bits per heavy atom. The molecular weight excluding hydrogens is 321 g/mol. The van der Waals surface area contributed by atoms with Gasteiger partial charge in [0.15, 0.2) is 5.96 Å². The third-order valence-electron chi connectivity index (χ3n) is 4.93. The van der Waals surface area contributed by atoms with Crippen LogP contribution in [0.2, 0.25) is 0 Å². The Bertz CT molecular complexity index is 574. The molecule has 0 amide bonds. The number of benzene rings is 1.